The van der Waals surface area contributed by atoms with Crippen LogP contribution in [0.2, 0.25) is 0 Å². The van der Waals surface area contributed by atoms with Crippen LogP contribution in [0.15, 0.2) is 30.3 Å². The van der Waals surface area contributed by atoms with Gasteiger partial charge in [0.1, 0.15) is 11.6 Å². The van der Waals surface area contributed by atoms with Crippen molar-refractivity contribution >= 4 is 11.8 Å². The van der Waals surface area contributed by atoms with Gasteiger partial charge in [-0.05, 0) is 18.4 Å². The summed E-state index contributed by atoms with van der Waals surface area (Å²) in [5.74, 6) is -0.150. The summed E-state index contributed by atoms with van der Waals surface area (Å²) in [6, 6.07) is 9.24. The maximum atomic E-state index is 12.3. The minimum atomic E-state index is -0.730. The van der Waals surface area contributed by atoms with E-state index in [1.54, 1.807) is 0 Å². The van der Waals surface area contributed by atoms with E-state index in [0.29, 0.717) is 32.4 Å². The number of amides is 2. The zero-order valence-electron chi connectivity index (χ0n) is 11.3. The molecule has 2 aliphatic rings. The Kier molecular flexibility index (Phi) is 3.44. The van der Waals surface area contributed by atoms with Crippen LogP contribution in [-0.2, 0) is 16.0 Å². The summed E-state index contributed by atoms with van der Waals surface area (Å²) < 4.78 is 0. The Balaban J connectivity index is 1.71. The van der Waals surface area contributed by atoms with E-state index in [2.05, 4.69) is 16.0 Å². The lowest BCUT2D eigenvalue weighted by atomic mass is 9.84. The first kappa shape index (κ1) is 13.1. The highest BCUT2D eigenvalue weighted by molar-refractivity contribution is 6.00. The number of piperidine rings is 1. The van der Waals surface area contributed by atoms with Gasteiger partial charge in [0, 0.05) is 19.5 Å². The summed E-state index contributed by atoms with van der Waals surface area (Å²) in [5, 5.41) is 10.1. The number of hydrogen-bond donors (Lipinski definition) is 2. The van der Waals surface area contributed by atoms with E-state index >= 15 is 0 Å². The second kappa shape index (κ2) is 5.25. The first-order chi connectivity index (χ1) is 9.70. The molecule has 0 saturated carbocycles. The summed E-state index contributed by atoms with van der Waals surface area (Å²) in [4.78, 5) is 24.6. The third kappa shape index (κ3) is 2.41. The molecule has 0 bridgehead atoms. The molecular formula is C15H18N3O2. The van der Waals surface area contributed by atoms with Gasteiger partial charge in [-0.2, -0.15) is 0 Å². The van der Waals surface area contributed by atoms with Crippen LogP contribution in [0, 0.1) is 0 Å². The molecule has 20 heavy (non-hydrogen) atoms. The number of hydrogen-bond acceptors (Lipinski definition) is 2. The van der Waals surface area contributed by atoms with Crippen molar-refractivity contribution in [2.75, 3.05) is 13.1 Å². The van der Waals surface area contributed by atoms with Crippen molar-refractivity contribution in [3.8, 4) is 0 Å². The smallest absolute Gasteiger partial charge is 0.246 e. The van der Waals surface area contributed by atoms with E-state index in [1.165, 1.54) is 0 Å². The zero-order valence-corrected chi connectivity index (χ0v) is 11.3. The van der Waals surface area contributed by atoms with E-state index in [0.717, 1.165) is 5.56 Å². The van der Waals surface area contributed by atoms with Crippen molar-refractivity contribution in [2.24, 2.45) is 0 Å². The predicted molar refractivity (Wildman–Crippen MR) is 74.1 cm³/mol. The molecule has 1 aromatic rings. The maximum absolute atomic E-state index is 12.3. The third-order valence-electron chi connectivity index (χ3n) is 4.09. The van der Waals surface area contributed by atoms with Crippen molar-refractivity contribution in [3.63, 3.8) is 0 Å². The topological polar surface area (TPSA) is 72.3 Å². The van der Waals surface area contributed by atoms with Crippen molar-refractivity contribution < 1.29 is 9.59 Å². The molecular weight excluding hydrogens is 254 g/mol. The number of nitrogens with one attached hydrogen (secondary N) is 2. The summed E-state index contributed by atoms with van der Waals surface area (Å²) in [6.45, 7) is 1.27. The van der Waals surface area contributed by atoms with E-state index in [-0.39, 0.29) is 11.8 Å². The minimum absolute atomic E-state index is 0.0621. The predicted octanol–water partition coefficient (Wildman–Crippen LogP) is -0.0193. The van der Waals surface area contributed by atoms with Crippen LogP contribution < -0.4 is 16.0 Å². The van der Waals surface area contributed by atoms with Gasteiger partial charge in [0.25, 0.3) is 0 Å². The quantitative estimate of drug-likeness (QED) is 0.794. The monoisotopic (exact) mass is 272 g/mol. The number of piperazine rings is 1. The normalized spacial score (nSPS) is 25.1. The zero-order chi connectivity index (χ0) is 14.0. The second-order valence-electron chi connectivity index (χ2n) is 5.46. The summed E-state index contributed by atoms with van der Waals surface area (Å²) >= 11 is 0. The fourth-order valence-electron chi connectivity index (χ4n) is 2.86. The number of rotatable bonds is 2. The second-order valence-corrected chi connectivity index (χ2v) is 5.46. The van der Waals surface area contributed by atoms with Gasteiger partial charge in [0.05, 0.1) is 0 Å². The van der Waals surface area contributed by atoms with E-state index in [4.69, 9.17) is 0 Å². The molecule has 1 radical (unpaired) electrons. The van der Waals surface area contributed by atoms with Gasteiger partial charge in [0.15, 0.2) is 0 Å². The first-order valence-corrected chi connectivity index (χ1v) is 7.00. The van der Waals surface area contributed by atoms with E-state index < -0.39 is 11.6 Å². The first-order valence-electron chi connectivity index (χ1n) is 7.00. The Bertz CT molecular complexity index is 509. The number of benzene rings is 1. The summed E-state index contributed by atoms with van der Waals surface area (Å²) in [6.07, 6.45) is 1.73. The standard InChI is InChI=1S/C15H18N3O2/c19-13-12(10-11-4-2-1-3-5-11)17-14(20)15(18-13)6-8-16-9-7-15/h1-5,12H,6-10H2,(H,17,20)(H,18,19). The highest BCUT2D eigenvalue weighted by Gasteiger charge is 2.46. The molecule has 1 spiro atoms. The largest absolute Gasteiger partial charge is 0.342 e. The van der Waals surface area contributed by atoms with Crippen molar-refractivity contribution in [1.29, 1.82) is 0 Å². The molecule has 1 aromatic carbocycles. The molecule has 1 atom stereocenters. The Morgan fingerprint density at radius 3 is 2.55 bits per heavy atom. The van der Waals surface area contributed by atoms with E-state index in [1.807, 2.05) is 30.3 Å². The van der Waals surface area contributed by atoms with Crippen LogP contribution in [0.4, 0.5) is 0 Å². The average Bonchev–Trinajstić information content (AvgIpc) is 2.47. The van der Waals surface area contributed by atoms with Gasteiger partial charge in [-0.3, -0.25) is 9.59 Å². The number of carbonyl (C=O) groups excluding carboxylic acids is 2. The Hall–Kier alpha value is -1.88. The molecule has 2 fully saturated rings. The van der Waals surface area contributed by atoms with Crippen LogP contribution in [0.5, 0.6) is 0 Å². The molecule has 2 N–H and O–H groups in total. The van der Waals surface area contributed by atoms with Gasteiger partial charge in [-0.15, -0.1) is 0 Å². The van der Waals surface area contributed by atoms with Crippen LogP contribution >= 0.6 is 0 Å². The van der Waals surface area contributed by atoms with Crippen LogP contribution in [0.1, 0.15) is 18.4 Å². The molecule has 105 valence electrons. The Morgan fingerprint density at radius 1 is 1.15 bits per heavy atom. The van der Waals surface area contributed by atoms with Crippen molar-refractivity contribution in [2.45, 2.75) is 30.8 Å². The average molecular weight is 272 g/mol. The van der Waals surface area contributed by atoms with Gasteiger partial charge in [0.2, 0.25) is 11.8 Å². The molecule has 0 aliphatic carbocycles. The molecule has 2 saturated heterocycles. The molecule has 2 amide bonds. The van der Waals surface area contributed by atoms with Gasteiger partial charge >= 0.3 is 0 Å². The van der Waals surface area contributed by atoms with Crippen LogP contribution in [-0.4, -0.2) is 36.5 Å². The molecule has 5 heteroatoms. The van der Waals surface area contributed by atoms with Gasteiger partial charge < -0.3 is 10.6 Å². The highest BCUT2D eigenvalue weighted by atomic mass is 16.2. The Morgan fingerprint density at radius 2 is 1.85 bits per heavy atom. The summed E-state index contributed by atoms with van der Waals surface area (Å²) in [5.41, 5.74) is 0.314. The minimum Gasteiger partial charge on any atom is -0.342 e. The SMILES string of the molecule is O=C1NC2(CC[N]CC2)C(=O)NC1Cc1ccccc1. The molecule has 1 unspecified atom stereocenters. The lowest BCUT2D eigenvalue weighted by Crippen LogP contribution is -2.71. The fourth-order valence-corrected chi connectivity index (χ4v) is 2.86. The van der Waals surface area contributed by atoms with Crippen molar-refractivity contribution in [3.05, 3.63) is 35.9 Å². The third-order valence-corrected chi connectivity index (χ3v) is 4.09. The van der Waals surface area contributed by atoms with E-state index in [9.17, 15) is 9.59 Å². The number of carbonyl (C=O) groups is 2. The Labute approximate surface area is 118 Å². The molecule has 0 aromatic heterocycles. The lowest BCUT2D eigenvalue weighted by Gasteiger charge is -2.42. The number of nitrogens with zero attached hydrogens (tertiary/aromatic N) is 1. The van der Waals surface area contributed by atoms with Gasteiger partial charge in [-0.25, -0.2) is 5.32 Å². The van der Waals surface area contributed by atoms with Gasteiger partial charge in [-0.1, -0.05) is 30.3 Å². The molecule has 2 heterocycles. The lowest BCUT2D eigenvalue weighted by molar-refractivity contribution is -0.142. The highest BCUT2D eigenvalue weighted by Crippen LogP contribution is 2.23. The van der Waals surface area contributed by atoms with Crippen LogP contribution in [0.25, 0.3) is 0 Å². The van der Waals surface area contributed by atoms with Crippen LogP contribution in [0.3, 0.4) is 0 Å². The molecule has 2 aliphatic heterocycles. The maximum Gasteiger partial charge on any atom is 0.246 e. The molecule has 5 nitrogen and oxygen atoms in total. The summed E-state index contributed by atoms with van der Waals surface area (Å²) in [7, 11) is 0. The molecule has 3 rings (SSSR count). The fraction of sp³-hybridized carbons (Fsp3) is 0.467. The van der Waals surface area contributed by atoms with Crippen molar-refractivity contribution in [1.82, 2.24) is 16.0 Å².